The van der Waals surface area contributed by atoms with Gasteiger partial charge >= 0.3 is 0 Å². The van der Waals surface area contributed by atoms with Crippen LogP contribution >= 0.6 is 15.9 Å². The predicted molar refractivity (Wildman–Crippen MR) is 83.8 cm³/mol. The Hall–Kier alpha value is -1.33. The molecule has 0 aliphatic rings. The molecule has 1 heterocycles. The van der Waals surface area contributed by atoms with Crippen molar-refractivity contribution in [3.8, 4) is 5.75 Å². The first-order valence-corrected chi connectivity index (χ1v) is 7.54. The van der Waals surface area contributed by atoms with Gasteiger partial charge < -0.3 is 10.5 Å². The monoisotopic (exact) mass is 337 g/mol. The van der Waals surface area contributed by atoms with Crippen LogP contribution in [0.4, 0.5) is 0 Å². The fourth-order valence-electron chi connectivity index (χ4n) is 1.93. The van der Waals surface area contributed by atoms with Crippen LogP contribution in [0.25, 0.3) is 0 Å². The second-order valence-corrected chi connectivity index (χ2v) is 5.88. The van der Waals surface area contributed by atoms with Crippen LogP contribution in [0.2, 0.25) is 0 Å². The van der Waals surface area contributed by atoms with Crippen LogP contribution in [0, 0.1) is 0 Å². The van der Waals surface area contributed by atoms with Crippen LogP contribution in [0.1, 0.15) is 31.1 Å². The van der Waals surface area contributed by atoms with Gasteiger partial charge in [-0.05, 0) is 56.6 Å². The molecule has 0 spiro atoms. The van der Waals surface area contributed by atoms with Crippen LogP contribution in [0.5, 0.6) is 5.75 Å². The minimum absolute atomic E-state index is 0.365. The lowest BCUT2D eigenvalue weighted by atomic mass is 10.1. The summed E-state index contributed by atoms with van der Waals surface area (Å²) in [6.45, 7) is 5.28. The average molecular weight is 338 g/mol. The highest BCUT2D eigenvalue weighted by Crippen LogP contribution is 2.24. The van der Waals surface area contributed by atoms with E-state index in [-0.39, 0.29) is 0 Å². The molecule has 20 heavy (non-hydrogen) atoms. The number of aromatic nitrogens is 2. The second-order valence-electron chi connectivity index (χ2n) is 4.96. The van der Waals surface area contributed by atoms with E-state index in [0.717, 1.165) is 27.9 Å². The molecule has 5 heteroatoms. The van der Waals surface area contributed by atoms with Gasteiger partial charge in [0.1, 0.15) is 12.4 Å². The molecule has 0 saturated carbocycles. The van der Waals surface area contributed by atoms with Crippen molar-refractivity contribution < 1.29 is 4.74 Å². The van der Waals surface area contributed by atoms with E-state index < -0.39 is 0 Å². The zero-order valence-electron chi connectivity index (χ0n) is 11.8. The number of halogens is 1. The van der Waals surface area contributed by atoms with E-state index in [1.165, 1.54) is 0 Å². The second kappa shape index (κ2) is 6.90. The minimum Gasteiger partial charge on any atom is -0.487 e. The van der Waals surface area contributed by atoms with Gasteiger partial charge in [-0.25, -0.2) is 0 Å². The lowest BCUT2D eigenvalue weighted by molar-refractivity contribution is 0.295. The highest BCUT2D eigenvalue weighted by Gasteiger charge is 2.07. The van der Waals surface area contributed by atoms with Crippen LogP contribution < -0.4 is 10.5 Å². The number of nitrogens with zero attached hydrogens (tertiary/aromatic N) is 2. The molecule has 0 radical (unpaired) electrons. The zero-order chi connectivity index (χ0) is 14.5. The summed E-state index contributed by atoms with van der Waals surface area (Å²) < 4.78 is 8.84. The zero-order valence-corrected chi connectivity index (χ0v) is 13.4. The van der Waals surface area contributed by atoms with Gasteiger partial charge in [0.05, 0.1) is 5.69 Å². The van der Waals surface area contributed by atoms with Crippen LogP contribution in [-0.4, -0.2) is 16.3 Å². The van der Waals surface area contributed by atoms with Crippen molar-refractivity contribution >= 4 is 15.9 Å². The van der Waals surface area contributed by atoms with Crippen LogP contribution in [0.3, 0.4) is 0 Å². The molecule has 0 amide bonds. The topological polar surface area (TPSA) is 53.1 Å². The van der Waals surface area contributed by atoms with Crippen molar-refractivity contribution in [2.75, 3.05) is 6.54 Å². The summed E-state index contributed by atoms with van der Waals surface area (Å²) in [6.07, 6.45) is 2.78. The largest absolute Gasteiger partial charge is 0.487 e. The number of rotatable bonds is 6. The van der Waals surface area contributed by atoms with E-state index in [1.807, 2.05) is 29.1 Å². The SMILES string of the molecule is CC(C)n1ccc(COc2ccc(Br)cc2CCN)n1. The van der Waals surface area contributed by atoms with E-state index in [1.54, 1.807) is 0 Å². The fourth-order valence-corrected chi connectivity index (χ4v) is 2.34. The molecule has 0 fully saturated rings. The Labute approximate surface area is 128 Å². The Kier molecular flexibility index (Phi) is 5.20. The highest BCUT2D eigenvalue weighted by molar-refractivity contribution is 9.10. The Balaban J connectivity index is 2.06. The Morgan fingerprint density at radius 3 is 2.80 bits per heavy atom. The highest BCUT2D eigenvalue weighted by atomic mass is 79.9. The predicted octanol–water partition coefficient (Wildman–Crippen LogP) is 3.31. The third kappa shape index (κ3) is 3.84. The Morgan fingerprint density at radius 2 is 2.15 bits per heavy atom. The van der Waals surface area contributed by atoms with E-state index in [4.69, 9.17) is 10.5 Å². The molecular formula is C15H20BrN3O. The molecule has 4 nitrogen and oxygen atoms in total. The first-order chi connectivity index (χ1) is 9.60. The summed E-state index contributed by atoms with van der Waals surface area (Å²) >= 11 is 3.47. The third-order valence-corrected chi connectivity index (χ3v) is 3.50. The van der Waals surface area contributed by atoms with Crippen LogP contribution in [0.15, 0.2) is 34.9 Å². The molecule has 0 atom stereocenters. The van der Waals surface area contributed by atoms with Gasteiger partial charge in [0.25, 0.3) is 0 Å². The van der Waals surface area contributed by atoms with Crippen molar-refractivity contribution in [3.05, 3.63) is 46.2 Å². The molecule has 0 aliphatic carbocycles. The van der Waals surface area contributed by atoms with Gasteiger partial charge in [-0.1, -0.05) is 15.9 Å². The maximum Gasteiger partial charge on any atom is 0.132 e. The Morgan fingerprint density at radius 1 is 1.35 bits per heavy atom. The van der Waals surface area contributed by atoms with Crippen molar-refractivity contribution in [2.24, 2.45) is 5.73 Å². The summed E-state index contributed by atoms with van der Waals surface area (Å²) in [4.78, 5) is 0. The lowest BCUT2D eigenvalue weighted by Gasteiger charge is -2.10. The van der Waals surface area contributed by atoms with E-state index in [9.17, 15) is 0 Å². The van der Waals surface area contributed by atoms with Crippen molar-refractivity contribution in [1.82, 2.24) is 9.78 Å². The molecule has 0 aliphatic heterocycles. The van der Waals surface area contributed by atoms with Crippen LogP contribution in [-0.2, 0) is 13.0 Å². The number of hydrogen-bond donors (Lipinski definition) is 1. The van der Waals surface area contributed by atoms with Gasteiger partial charge in [0.2, 0.25) is 0 Å². The number of hydrogen-bond acceptors (Lipinski definition) is 3. The Bertz CT molecular complexity index is 566. The summed E-state index contributed by atoms with van der Waals surface area (Å²) in [6, 6.07) is 8.34. The molecule has 0 saturated heterocycles. The number of ether oxygens (including phenoxy) is 1. The molecular weight excluding hydrogens is 318 g/mol. The molecule has 2 N–H and O–H groups in total. The molecule has 1 aromatic carbocycles. The smallest absolute Gasteiger partial charge is 0.132 e. The van der Waals surface area contributed by atoms with Gasteiger partial charge in [-0.15, -0.1) is 0 Å². The standard InChI is InChI=1S/C15H20BrN3O/c1-11(2)19-8-6-14(18-19)10-20-15-4-3-13(16)9-12(15)5-7-17/h3-4,6,8-9,11H,5,7,10,17H2,1-2H3. The minimum atomic E-state index is 0.365. The lowest BCUT2D eigenvalue weighted by Crippen LogP contribution is -2.06. The fraction of sp³-hybridized carbons (Fsp3) is 0.400. The maximum atomic E-state index is 5.87. The molecule has 108 valence electrons. The first-order valence-electron chi connectivity index (χ1n) is 6.75. The average Bonchev–Trinajstić information content (AvgIpc) is 2.87. The van der Waals surface area contributed by atoms with Crippen molar-refractivity contribution in [2.45, 2.75) is 32.9 Å². The molecule has 0 unspecified atom stereocenters. The number of benzene rings is 1. The molecule has 2 aromatic rings. The molecule has 1 aromatic heterocycles. The van der Waals surface area contributed by atoms with Gasteiger partial charge in [0, 0.05) is 16.7 Å². The van der Waals surface area contributed by atoms with Gasteiger partial charge in [-0.2, -0.15) is 5.10 Å². The third-order valence-electron chi connectivity index (χ3n) is 3.00. The summed E-state index contributed by atoms with van der Waals surface area (Å²) in [7, 11) is 0. The quantitative estimate of drug-likeness (QED) is 0.879. The summed E-state index contributed by atoms with van der Waals surface area (Å²) in [5.74, 6) is 0.873. The maximum absolute atomic E-state index is 5.87. The number of nitrogens with two attached hydrogens (primary N) is 1. The van der Waals surface area contributed by atoms with E-state index in [2.05, 4.69) is 40.9 Å². The van der Waals surface area contributed by atoms with Crippen molar-refractivity contribution in [3.63, 3.8) is 0 Å². The normalized spacial score (nSPS) is 11.1. The molecule has 2 rings (SSSR count). The first kappa shape index (κ1) is 15.1. The van der Waals surface area contributed by atoms with Crippen molar-refractivity contribution in [1.29, 1.82) is 0 Å². The van der Waals surface area contributed by atoms with E-state index >= 15 is 0 Å². The van der Waals surface area contributed by atoms with E-state index in [0.29, 0.717) is 19.2 Å². The van der Waals surface area contributed by atoms with Gasteiger partial charge in [-0.3, -0.25) is 4.68 Å². The summed E-state index contributed by atoms with van der Waals surface area (Å²) in [5, 5.41) is 4.48. The summed E-state index contributed by atoms with van der Waals surface area (Å²) in [5.41, 5.74) is 7.68. The molecule has 0 bridgehead atoms. The van der Waals surface area contributed by atoms with Gasteiger partial charge in [0.15, 0.2) is 0 Å².